The summed E-state index contributed by atoms with van der Waals surface area (Å²) in [5.41, 5.74) is 0. The van der Waals surface area contributed by atoms with Crippen LogP contribution in [-0.4, -0.2) is 48.5 Å². The first-order valence-corrected chi connectivity index (χ1v) is 9.01. The van der Waals surface area contributed by atoms with Crippen LogP contribution in [0.3, 0.4) is 0 Å². The highest BCUT2D eigenvalue weighted by Crippen LogP contribution is 2.26. The molecule has 1 unspecified atom stereocenters. The molecule has 19 heavy (non-hydrogen) atoms. The zero-order valence-corrected chi connectivity index (χ0v) is 13.0. The van der Waals surface area contributed by atoms with Crippen molar-refractivity contribution in [3.8, 4) is 0 Å². The molecule has 1 amide bonds. The highest BCUT2D eigenvalue weighted by Gasteiger charge is 2.23. The van der Waals surface area contributed by atoms with Gasteiger partial charge in [0, 0.05) is 19.5 Å². The number of hydrogen-bond donors (Lipinski definition) is 1. The first kappa shape index (κ1) is 15.2. The number of hydrogen-bond acceptors (Lipinski definition) is 3. The van der Waals surface area contributed by atoms with Crippen LogP contribution in [0.2, 0.25) is 0 Å². The van der Waals surface area contributed by atoms with E-state index < -0.39 is 0 Å². The molecule has 4 heteroatoms. The predicted molar refractivity (Wildman–Crippen MR) is 82.5 cm³/mol. The maximum Gasteiger partial charge on any atom is 0.222 e. The molecule has 0 spiro atoms. The molecular formula is C15H28N2OS. The molecule has 0 aromatic carbocycles. The Bertz CT molecular complexity index is 273. The lowest BCUT2D eigenvalue weighted by Crippen LogP contribution is -2.41. The number of carbonyl (C=O) groups is 1. The van der Waals surface area contributed by atoms with Crippen molar-refractivity contribution >= 4 is 17.7 Å². The molecule has 0 radical (unpaired) electrons. The Morgan fingerprint density at radius 2 is 2.05 bits per heavy atom. The van der Waals surface area contributed by atoms with Crippen LogP contribution in [0.5, 0.6) is 0 Å². The van der Waals surface area contributed by atoms with Crippen molar-refractivity contribution in [3.63, 3.8) is 0 Å². The SMILES string of the molecule is CCN(CC1CCCNC1)C(=O)CC1CCSCC1. The van der Waals surface area contributed by atoms with Gasteiger partial charge in [-0.1, -0.05) is 0 Å². The summed E-state index contributed by atoms with van der Waals surface area (Å²) in [6, 6.07) is 0. The summed E-state index contributed by atoms with van der Waals surface area (Å²) in [5.74, 6) is 4.20. The van der Waals surface area contributed by atoms with Gasteiger partial charge in [-0.25, -0.2) is 0 Å². The number of piperidine rings is 1. The second-order valence-electron chi connectivity index (χ2n) is 5.90. The van der Waals surface area contributed by atoms with Crippen LogP contribution in [0, 0.1) is 11.8 Å². The minimum atomic E-state index is 0.393. The lowest BCUT2D eigenvalue weighted by Gasteiger charge is -2.31. The number of nitrogens with one attached hydrogen (secondary N) is 1. The summed E-state index contributed by atoms with van der Waals surface area (Å²) in [7, 11) is 0. The average molecular weight is 284 g/mol. The molecular weight excluding hydrogens is 256 g/mol. The molecule has 1 atom stereocenters. The first-order chi connectivity index (χ1) is 9.29. The molecule has 0 bridgehead atoms. The van der Waals surface area contributed by atoms with Crippen molar-refractivity contribution in [3.05, 3.63) is 0 Å². The third kappa shape index (κ3) is 4.99. The van der Waals surface area contributed by atoms with Crippen molar-refractivity contribution < 1.29 is 4.79 Å². The molecule has 3 nitrogen and oxygen atoms in total. The number of nitrogens with zero attached hydrogens (tertiary/aromatic N) is 1. The monoisotopic (exact) mass is 284 g/mol. The minimum Gasteiger partial charge on any atom is -0.343 e. The molecule has 110 valence electrons. The van der Waals surface area contributed by atoms with Crippen molar-refractivity contribution in [2.24, 2.45) is 11.8 Å². The molecule has 2 saturated heterocycles. The quantitative estimate of drug-likeness (QED) is 0.841. The van der Waals surface area contributed by atoms with Crippen molar-refractivity contribution in [1.29, 1.82) is 0 Å². The predicted octanol–water partition coefficient (Wildman–Crippen LogP) is 2.37. The largest absolute Gasteiger partial charge is 0.343 e. The number of amides is 1. The van der Waals surface area contributed by atoms with Crippen molar-refractivity contribution in [1.82, 2.24) is 10.2 Å². The van der Waals surface area contributed by atoms with Gasteiger partial charge in [-0.3, -0.25) is 4.79 Å². The van der Waals surface area contributed by atoms with Crippen LogP contribution in [0.4, 0.5) is 0 Å². The normalized spacial score (nSPS) is 25.2. The molecule has 2 aliphatic rings. The van der Waals surface area contributed by atoms with Crippen molar-refractivity contribution in [2.75, 3.05) is 37.7 Å². The van der Waals surface area contributed by atoms with E-state index in [0.29, 0.717) is 17.7 Å². The Balaban J connectivity index is 1.76. The summed E-state index contributed by atoms with van der Waals surface area (Å²) in [5, 5.41) is 3.44. The van der Waals surface area contributed by atoms with E-state index in [-0.39, 0.29) is 0 Å². The van der Waals surface area contributed by atoms with Crippen molar-refractivity contribution in [2.45, 2.75) is 39.0 Å². The van der Waals surface area contributed by atoms with Gasteiger partial charge < -0.3 is 10.2 Å². The van der Waals surface area contributed by atoms with Gasteiger partial charge >= 0.3 is 0 Å². The van der Waals surface area contributed by atoms with E-state index in [2.05, 4.69) is 17.1 Å². The molecule has 2 fully saturated rings. The zero-order valence-electron chi connectivity index (χ0n) is 12.2. The van der Waals surface area contributed by atoms with Crippen LogP contribution < -0.4 is 5.32 Å². The molecule has 1 N–H and O–H groups in total. The van der Waals surface area contributed by atoms with Gasteiger partial charge in [0.2, 0.25) is 5.91 Å². The van der Waals surface area contributed by atoms with Crippen LogP contribution >= 0.6 is 11.8 Å². The summed E-state index contributed by atoms with van der Waals surface area (Å²) < 4.78 is 0. The highest BCUT2D eigenvalue weighted by atomic mass is 32.2. The fourth-order valence-electron chi connectivity index (χ4n) is 3.13. The standard InChI is InChI=1S/C15H28N2OS/c1-2-17(12-14-4-3-7-16-11-14)15(18)10-13-5-8-19-9-6-13/h13-14,16H,2-12H2,1H3. The van der Waals surface area contributed by atoms with Gasteiger partial charge in [0.05, 0.1) is 0 Å². The Morgan fingerprint density at radius 1 is 1.26 bits per heavy atom. The van der Waals surface area contributed by atoms with E-state index in [4.69, 9.17) is 0 Å². The Kier molecular flexibility index (Phi) is 6.51. The number of rotatable bonds is 5. The smallest absolute Gasteiger partial charge is 0.222 e. The fourth-order valence-corrected chi connectivity index (χ4v) is 4.33. The Labute approximate surface area is 121 Å². The van der Waals surface area contributed by atoms with E-state index in [1.165, 1.54) is 37.2 Å². The van der Waals surface area contributed by atoms with E-state index >= 15 is 0 Å². The molecule has 0 aromatic rings. The molecule has 2 heterocycles. The molecule has 2 aliphatic heterocycles. The summed E-state index contributed by atoms with van der Waals surface area (Å²) in [6.07, 6.45) is 5.79. The molecule has 0 saturated carbocycles. The number of carbonyl (C=O) groups excluding carboxylic acids is 1. The van der Waals surface area contributed by atoms with Crippen LogP contribution in [0.15, 0.2) is 0 Å². The second kappa shape index (κ2) is 8.15. The van der Waals surface area contributed by atoms with Gasteiger partial charge in [-0.2, -0.15) is 11.8 Å². The molecule has 0 aliphatic carbocycles. The summed E-state index contributed by atoms with van der Waals surface area (Å²) >= 11 is 2.04. The average Bonchev–Trinajstić information content (AvgIpc) is 2.47. The van der Waals surface area contributed by atoms with Gasteiger partial charge in [-0.15, -0.1) is 0 Å². The van der Waals surface area contributed by atoms with E-state index in [1.807, 2.05) is 11.8 Å². The van der Waals surface area contributed by atoms with Gasteiger partial charge in [0.25, 0.3) is 0 Å². The maximum absolute atomic E-state index is 12.4. The molecule has 2 rings (SSSR count). The van der Waals surface area contributed by atoms with E-state index in [1.54, 1.807) is 0 Å². The lowest BCUT2D eigenvalue weighted by atomic mass is 9.96. The third-order valence-corrected chi connectivity index (χ3v) is 5.46. The van der Waals surface area contributed by atoms with Gasteiger partial charge in [0.15, 0.2) is 0 Å². The number of thioether (sulfide) groups is 1. The summed E-state index contributed by atoms with van der Waals surface area (Å²) in [4.78, 5) is 14.5. The lowest BCUT2D eigenvalue weighted by molar-refractivity contribution is -0.132. The molecule has 0 aromatic heterocycles. The van der Waals surface area contributed by atoms with Gasteiger partial charge in [0.1, 0.15) is 0 Å². The van der Waals surface area contributed by atoms with Gasteiger partial charge in [-0.05, 0) is 69.0 Å². The highest BCUT2D eigenvalue weighted by molar-refractivity contribution is 7.99. The first-order valence-electron chi connectivity index (χ1n) is 7.85. The maximum atomic E-state index is 12.4. The summed E-state index contributed by atoms with van der Waals surface area (Å²) in [6.45, 7) is 6.19. The van der Waals surface area contributed by atoms with E-state index in [9.17, 15) is 4.79 Å². The van der Waals surface area contributed by atoms with Crippen LogP contribution in [-0.2, 0) is 4.79 Å². The topological polar surface area (TPSA) is 32.3 Å². The van der Waals surface area contributed by atoms with Crippen LogP contribution in [0.25, 0.3) is 0 Å². The zero-order chi connectivity index (χ0) is 13.5. The second-order valence-corrected chi connectivity index (χ2v) is 7.13. The van der Waals surface area contributed by atoms with Crippen LogP contribution in [0.1, 0.15) is 39.0 Å². The third-order valence-electron chi connectivity index (χ3n) is 4.42. The minimum absolute atomic E-state index is 0.393. The Morgan fingerprint density at radius 3 is 2.68 bits per heavy atom. The Hall–Kier alpha value is -0.220. The van der Waals surface area contributed by atoms with E-state index in [0.717, 1.165) is 32.6 Å². The fraction of sp³-hybridized carbons (Fsp3) is 0.933.